The van der Waals surface area contributed by atoms with Crippen molar-refractivity contribution < 1.29 is 9.15 Å². The molecule has 27 heavy (non-hydrogen) atoms. The summed E-state index contributed by atoms with van der Waals surface area (Å²) in [6, 6.07) is 10.3. The van der Waals surface area contributed by atoms with Gasteiger partial charge in [0.15, 0.2) is 0 Å². The van der Waals surface area contributed by atoms with E-state index in [9.17, 15) is 4.79 Å². The minimum Gasteiger partial charge on any atom is -0.465 e. The van der Waals surface area contributed by atoms with Crippen LogP contribution in [0.2, 0.25) is 0 Å². The second kappa shape index (κ2) is 7.37. The molecule has 0 saturated carbocycles. The molecule has 0 amide bonds. The summed E-state index contributed by atoms with van der Waals surface area (Å²) < 4.78 is 15.0. The predicted molar refractivity (Wildman–Crippen MR) is 105 cm³/mol. The smallest absolute Gasteiger partial charge is 0.328 e. The Morgan fingerprint density at radius 2 is 1.93 bits per heavy atom. The molecule has 0 aliphatic carbocycles. The van der Waals surface area contributed by atoms with Crippen molar-refractivity contribution in [3.8, 4) is 0 Å². The molecule has 3 aromatic rings. The van der Waals surface area contributed by atoms with Crippen LogP contribution in [0, 0.1) is 6.92 Å². The van der Waals surface area contributed by atoms with Gasteiger partial charge in [0, 0.05) is 33.8 Å². The molecular weight excluding hydrogens is 342 g/mol. The van der Waals surface area contributed by atoms with Gasteiger partial charge in [0.05, 0.1) is 23.7 Å². The highest BCUT2D eigenvalue weighted by molar-refractivity contribution is 5.76. The Hall–Kier alpha value is -2.31. The Balaban J connectivity index is 1.58. The van der Waals surface area contributed by atoms with Crippen molar-refractivity contribution in [2.45, 2.75) is 39.0 Å². The summed E-state index contributed by atoms with van der Waals surface area (Å²) in [5.74, 6) is 1.90. The Morgan fingerprint density at radius 1 is 1.11 bits per heavy atom. The first-order valence-corrected chi connectivity index (χ1v) is 9.55. The third-order valence-corrected chi connectivity index (χ3v) is 5.40. The van der Waals surface area contributed by atoms with Crippen molar-refractivity contribution >= 4 is 11.0 Å². The fourth-order valence-electron chi connectivity index (χ4n) is 3.96. The molecule has 0 radical (unpaired) electrons. The topological polar surface area (TPSA) is 52.5 Å². The highest BCUT2D eigenvalue weighted by atomic mass is 16.5. The van der Waals surface area contributed by atoms with Gasteiger partial charge in [-0.1, -0.05) is 6.07 Å². The van der Waals surface area contributed by atoms with Crippen LogP contribution >= 0.6 is 0 Å². The molecule has 1 saturated heterocycles. The van der Waals surface area contributed by atoms with Crippen LogP contribution < -0.4 is 5.69 Å². The van der Waals surface area contributed by atoms with E-state index < -0.39 is 0 Å². The van der Waals surface area contributed by atoms with Crippen LogP contribution in [0.15, 0.2) is 39.5 Å². The molecule has 1 aliphatic heterocycles. The zero-order valence-corrected chi connectivity index (χ0v) is 16.3. The van der Waals surface area contributed by atoms with E-state index in [0.29, 0.717) is 0 Å². The third kappa shape index (κ3) is 3.73. The monoisotopic (exact) mass is 369 g/mol. The molecule has 0 spiro atoms. The Kier molecular flexibility index (Phi) is 4.93. The van der Waals surface area contributed by atoms with Crippen molar-refractivity contribution in [3.63, 3.8) is 0 Å². The number of nitrogens with zero attached hydrogens (tertiary/aromatic N) is 3. The van der Waals surface area contributed by atoms with E-state index in [-0.39, 0.29) is 11.8 Å². The quantitative estimate of drug-likeness (QED) is 0.670. The third-order valence-electron chi connectivity index (χ3n) is 5.40. The minimum atomic E-state index is 0.00409. The van der Waals surface area contributed by atoms with Crippen LogP contribution in [-0.4, -0.2) is 33.3 Å². The number of benzene rings is 1. The van der Waals surface area contributed by atoms with Crippen molar-refractivity contribution in [1.82, 2.24) is 14.0 Å². The lowest BCUT2D eigenvalue weighted by atomic mass is 10.1. The van der Waals surface area contributed by atoms with Gasteiger partial charge in [-0.2, -0.15) is 0 Å². The summed E-state index contributed by atoms with van der Waals surface area (Å²) in [5, 5.41) is 0. The number of rotatable bonds is 6. The van der Waals surface area contributed by atoms with Gasteiger partial charge in [-0.15, -0.1) is 0 Å². The summed E-state index contributed by atoms with van der Waals surface area (Å²) in [7, 11) is 3.64. The number of hydrogen-bond acceptors (Lipinski definition) is 4. The molecular formula is C21H27N3O3. The Bertz CT molecular complexity index is 992. The second-order valence-corrected chi connectivity index (χ2v) is 7.54. The molecule has 6 heteroatoms. The first kappa shape index (κ1) is 18.1. The maximum Gasteiger partial charge on any atom is 0.328 e. The molecule has 6 nitrogen and oxygen atoms in total. The number of fused-ring (bicyclic) bond motifs is 1. The van der Waals surface area contributed by atoms with E-state index in [1.54, 1.807) is 9.13 Å². The van der Waals surface area contributed by atoms with Crippen LogP contribution in [0.1, 0.15) is 29.9 Å². The molecule has 0 N–H and O–H groups in total. The van der Waals surface area contributed by atoms with Gasteiger partial charge in [-0.3, -0.25) is 14.0 Å². The largest absolute Gasteiger partial charge is 0.465 e. The number of hydrogen-bond donors (Lipinski definition) is 0. The maximum absolute atomic E-state index is 12.2. The first-order valence-electron chi connectivity index (χ1n) is 9.55. The number of ether oxygens (including phenoxy) is 1. The first-order chi connectivity index (χ1) is 13.0. The lowest BCUT2D eigenvalue weighted by molar-refractivity contribution is 0.0654. The van der Waals surface area contributed by atoms with Gasteiger partial charge in [-0.05, 0) is 49.6 Å². The van der Waals surface area contributed by atoms with E-state index in [0.717, 1.165) is 61.6 Å². The Morgan fingerprint density at radius 3 is 2.63 bits per heavy atom. The molecule has 0 unspecified atom stereocenters. The van der Waals surface area contributed by atoms with Gasteiger partial charge in [-0.25, -0.2) is 4.79 Å². The van der Waals surface area contributed by atoms with Gasteiger partial charge >= 0.3 is 5.69 Å². The number of aryl methyl sites for hydroxylation is 3. The van der Waals surface area contributed by atoms with Crippen LogP contribution in [0.4, 0.5) is 0 Å². The zero-order valence-electron chi connectivity index (χ0n) is 16.3. The second-order valence-electron chi connectivity index (χ2n) is 7.54. The fourth-order valence-corrected chi connectivity index (χ4v) is 3.96. The van der Waals surface area contributed by atoms with Crippen molar-refractivity contribution in [2.75, 3.05) is 13.2 Å². The number of aromatic nitrogens is 2. The van der Waals surface area contributed by atoms with Crippen molar-refractivity contribution in [3.05, 3.63) is 57.9 Å². The number of furan rings is 1. The van der Waals surface area contributed by atoms with Gasteiger partial charge in [0.2, 0.25) is 0 Å². The van der Waals surface area contributed by atoms with E-state index >= 15 is 0 Å². The average molecular weight is 369 g/mol. The minimum absolute atomic E-state index is 0.00409. The standard InChI is InChI=1S/C21H27N3O3/c1-15-6-8-18(27-15)14-24(13-17-5-4-10-26-17)12-16-7-9-19-20(11-16)23(3)21(25)22(19)2/h6-9,11,17H,4-5,10,12-14H2,1-3H3/t17-/m1/s1. The van der Waals surface area contributed by atoms with E-state index in [4.69, 9.17) is 9.15 Å². The molecule has 1 aromatic carbocycles. The molecule has 1 aliphatic rings. The van der Waals surface area contributed by atoms with Gasteiger partial charge < -0.3 is 9.15 Å². The molecule has 1 atom stereocenters. The van der Waals surface area contributed by atoms with Crippen molar-refractivity contribution in [1.29, 1.82) is 0 Å². The van der Waals surface area contributed by atoms with Crippen LogP contribution in [0.5, 0.6) is 0 Å². The molecule has 3 heterocycles. The van der Waals surface area contributed by atoms with Gasteiger partial charge in [0.25, 0.3) is 0 Å². The maximum atomic E-state index is 12.2. The van der Waals surface area contributed by atoms with Crippen molar-refractivity contribution in [2.24, 2.45) is 14.1 Å². The highest BCUT2D eigenvalue weighted by Crippen LogP contribution is 2.20. The van der Waals surface area contributed by atoms with E-state index in [2.05, 4.69) is 17.0 Å². The van der Waals surface area contributed by atoms with Crippen LogP contribution in [0.3, 0.4) is 0 Å². The normalized spacial score (nSPS) is 17.4. The SMILES string of the molecule is Cc1ccc(CN(Cc2ccc3c(c2)n(C)c(=O)n3C)C[C@H]2CCCO2)o1. The Labute approximate surface area is 158 Å². The summed E-state index contributed by atoms with van der Waals surface area (Å²) in [6.45, 7) is 5.25. The van der Waals surface area contributed by atoms with Gasteiger partial charge in [0.1, 0.15) is 11.5 Å². The lowest BCUT2D eigenvalue weighted by Crippen LogP contribution is -2.31. The predicted octanol–water partition coefficient (Wildman–Crippen LogP) is 2.96. The van der Waals surface area contributed by atoms with Crippen LogP contribution in [0.25, 0.3) is 11.0 Å². The number of imidazole rings is 1. The summed E-state index contributed by atoms with van der Waals surface area (Å²) >= 11 is 0. The summed E-state index contributed by atoms with van der Waals surface area (Å²) in [6.07, 6.45) is 2.53. The average Bonchev–Trinajstić information content (AvgIpc) is 3.35. The molecule has 1 fully saturated rings. The molecule has 4 rings (SSSR count). The fraction of sp³-hybridized carbons (Fsp3) is 0.476. The zero-order chi connectivity index (χ0) is 19.0. The highest BCUT2D eigenvalue weighted by Gasteiger charge is 2.21. The summed E-state index contributed by atoms with van der Waals surface area (Å²) in [4.78, 5) is 14.6. The summed E-state index contributed by atoms with van der Waals surface area (Å²) in [5.41, 5.74) is 3.11. The lowest BCUT2D eigenvalue weighted by Gasteiger charge is -2.24. The molecule has 0 bridgehead atoms. The molecule has 144 valence electrons. The van der Waals surface area contributed by atoms with Crippen LogP contribution in [-0.2, 0) is 31.9 Å². The van der Waals surface area contributed by atoms with E-state index in [1.807, 2.05) is 39.2 Å². The molecule has 2 aromatic heterocycles. The van der Waals surface area contributed by atoms with E-state index in [1.165, 1.54) is 5.56 Å².